The molecule has 3 aromatic carbocycles. The maximum Gasteiger partial charge on any atom is 0.132 e. The molecular weight excluding hydrogens is 367 g/mol. The lowest BCUT2D eigenvalue weighted by atomic mass is 10.1. The summed E-state index contributed by atoms with van der Waals surface area (Å²) in [4.78, 5) is 5.29. The molecule has 0 unspecified atom stereocenters. The van der Waals surface area contributed by atoms with Crippen LogP contribution in [0.2, 0.25) is 0 Å². The van der Waals surface area contributed by atoms with Crippen LogP contribution in [0.3, 0.4) is 0 Å². The fourth-order valence-electron chi connectivity index (χ4n) is 2.33. The van der Waals surface area contributed by atoms with E-state index in [1.165, 1.54) is 23.9 Å². The van der Waals surface area contributed by atoms with Crippen LogP contribution in [0.5, 0.6) is 0 Å². The molecule has 0 amide bonds. The summed E-state index contributed by atoms with van der Waals surface area (Å²) in [5, 5.41) is 1.71. The highest BCUT2D eigenvalue weighted by atomic mass is 32.2. The summed E-state index contributed by atoms with van der Waals surface area (Å²) in [7, 11) is 0. The van der Waals surface area contributed by atoms with Gasteiger partial charge in [-0.05, 0) is 73.0 Å². The average Bonchev–Trinajstić information content (AvgIpc) is 2.66. The minimum atomic E-state index is -0.557. The van der Waals surface area contributed by atoms with Gasteiger partial charge in [0.25, 0.3) is 0 Å². The molecule has 0 atom stereocenters. The first-order chi connectivity index (χ1) is 13.0. The normalized spacial score (nSPS) is 11.9. The van der Waals surface area contributed by atoms with Crippen LogP contribution in [0, 0.1) is 24.4 Å². The Balaban J connectivity index is 1.93. The lowest BCUT2D eigenvalue weighted by molar-refractivity contribution is 0.598. The molecule has 0 bridgehead atoms. The molecule has 1 nitrogen and oxygen atoms in total. The third-order valence-electron chi connectivity index (χ3n) is 3.73. The van der Waals surface area contributed by atoms with E-state index in [-0.39, 0.29) is 11.4 Å². The average molecular weight is 383 g/mol. The number of nitrogens with zero attached hydrogens (tertiary/aromatic N) is 1. The highest BCUT2D eigenvalue weighted by molar-refractivity contribution is 8.02. The van der Waals surface area contributed by atoms with Gasteiger partial charge in [-0.25, -0.2) is 18.2 Å². The van der Waals surface area contributed by atoms with Gasteiger partial charge in [-0.15, -0.1) is 0 Å². The van der Waals surface area contributed by atoms with E-state index in [1.807, 2.05) is 31.2 Å². The fraction of sp³-hybridized carbons (Fsp3) is 0.0455. The number of aryl methyl sites for hydroxylation is 1. The second-order valence-electron chi connectivity index (χ2n) is 5.83. The van der Waals surface area contributed by atoms with Crippen molar-refractivity contribution in [2.75, 3.05) is 0 Å². The molecule has 0 radical (unpaired) electrons. The summed E-state index contributed by atoms with van der Waals surface area (Å²) in [5.41, 5.74) is 2.09. The first-order valence-electron chi connectivity index (χ1n) is 8.21. The summed E-state index contributed by atoms with van der Waals surface area (Å²) in [6, 6.07) is 16.7. The number of allylic oxidation sites excluding steroid dienone is 1. The van der Waals surface area contributed by atoms with E-state index in [4.69, 9.17) is 0 Å². The van der Waals surface area contributed by atoms with Crippen LogP contribution >= 0.6 is 11.8 Å². The Morgan fingerprint density at radius 1 is 0.852 bits per heavy atom. The van der Waals surface area contributed by atoms with Crippen molar-refractivity contribution in [3.05, 3.63) is 107 Å². The van der Waals surface area contributed by atoms with Gasteiger partial charge in [0, 0.05) is 10.5 Å². The van der Waals surface area contributed by atoms with E-state index in [0.717, 1.165) is 28.7 Å². The highest BCUT2D eigenvalue weighted by Crippen LogP contribution is 2.22. The molecule has 136 valence electrons. The van der Waals surface area contributed by atoms with Crippen LogP contribution in [0.4, 0.5) is 18.9 Å². The molecule has 0 saturated carbocycles. The maximum atomic E-state index is 14.3. The molecule has 5 heteroatoms. The Morgan fingerprint density at radius 2 is 1.52 bits per heavy atom. The fourth-order valence-corrected chi connectivity index (χ4v) is 2.98. The standard InChI is InChI=1S/C22H16F3NS/c1-15-2-7-18(8-3-15)26-22(20-14-17(24)6-11-21(20)25)12-13-27-19-9-4-16(23)5-10-19/h2-14H,1H3/b13-12+,26-22?. The van der Waals surface area contributed by atoms with Crippen LogP contribution in [0.25, 0.3) is 0 Å². The SMILES string of the molecule is Cc1ccc(N=C(/C=C/Sc2ccc(F)cc2)c2cc(F)ccc2F)cc1. The number of rotatable bonds is 5. The van der Waals surface area contributed by atoms with Crippen molar-refractivity contribution in [2.45, 2.75) is 11.8 Å². The number of hydrogen-bond acceptors (Lipinski definition) is 2. The molecule has 0 aliphatic rings. The predicted octanol–water partition coefficient (Wildman–Crippen LogP) is 6.84. The number of thioether (sulfide) groups is 1. The van der Waals surface area contributed by atoms with Crippen LogP contribution in [-0.2, 0) is 0 Å². The van der Waals surface area contributed by atoms with Gasteiger partial charge in [0.2, 0.25) is 0 Å². The summed E-state index contributed by atoms with van der Waals surface area (Å²) in [6.07, 6.45) is 1.62. The topological polar surface area (TPSA) is 12.4 Å². The first kappa shape index (κ1) is 19.0. The highest BCUT2D eigenvalue weighted by Gasteiger charge is 2.09. The van der Waals surface area contributed by atoms with E-state index >= 15 is 0 Å². The van der Waals surface area contributed by atoms with Gasteiger partial charge < -0.3 is 0 Å². The second kappa shape index (κ2) is 8.73. The van der Waals surface area contributed by atoms with Crippen molar-refractivity contribution in [2.24, 2.45) is 4.99 Å². The van der Waals surface area contributed by atoms with Crippen molar-refractivity contribution in [3.8, 4) is 0 Å². The molecular formula is C22H16F3NS. The Kier molecular flexibility index (Phi) is 6.14. The van der Waals surface area contributed by atoms with E-state index in [2.05, 4.69) is 4.99 Å². The number of benzene rings is 3. The molecule has 27 heavy (non-hydrogen) atoms. The first-order valence-corrected chi connectivity index (χ1v) is 9.09. The zero-order valence-electron chi connectivity index (χ0n) is 14.5. The van der Waals surface area contributed by atoms with Gasteiger partial charge in [0.1, 0.15) is 17.5 Å². The largest absolute Gasteiger partial charge is 0.248 e. The van der Waals surface area contributed by atoms with Crippen LogP contribution in [0.1, 0.15) is 11.1 Å². The quantitative estimate of drug-likeness (QED) is 0.347. The van der Waals surface area contributed by atoms with Gasteiger partial charge in [-0.2, -0.15) is 0 Å². The number of hydrogen-bond donors (Lipinski definition) is 0. The Labute approximate surface area is 160 Å². The lowest BCUT2D eigenvalue weighted by Crippen LogP contribution is -2.01. The number of aliphatic imine (C=N–C) groups is 1. The smallest absolute Gasteiger partial charge is 0.132 e. The second-order valence-corrected chi connectivity index (χ2v) is 6.81. The zero-order chi connectivity index (χ0) is 19.2. The van der Waals surface area contributed by atoms with Crippen LogP contribution in [-0.4, -0.2) is 5.71 Å². The van der Waals surface area contributed by atoms with Gasteiger partial charge >= 0.3 is 0 Å². The van der Waals surface area contributed by atoms with Crippen molar-refractivity contribution >= 4 is 23.2 Å². The van der Waals surface area contributed by atoms with E-state index in [0.29, 0.717) is 11.4 Å². The Bertz CT molecular complexity index is 977. The summed E-state index contributed by atoms with van der Waals surface area (Å²) >= 11 is 1.33. The molecule has 3 rings (SSSR count). The van der Waals surface area contributed by atoms with Crippen molar-refractivity contribution in [1.29, 1.82) is 0 Å². The maximum absolute atomic E-state index is 14.3. The third-order valence-corrected chi connectivity index (χ3v) is 4.55. The molecule has 0 N–H and O–H groups in total. The molecule has 0 aliphatic heterocycles. The van der Waals surface area contributed by atoms with Crippen molar-refractivity contribution < 1.29 is 13.2 Å². The van der Waals surface area contributed by atoms with Gasteiger partial charge in [-0.3, -0.25) is 0 Å². The molecule has 0 fully saturated rings. The lowest BCUT2D eigenvalue weighted by Gasteiger charge is -2.05. The van der Waals surface area contributed by atoms with E-state index in [9.17, 15) is 13.2 Å². The zero-order valence-corrected chi connectivity index (χ0v) is 15.3. The predicted molar refractivity (Wildman–Crippen MR) is 105 cm³/mol. The number of halogens is 3. The molecule has 0 saturated heterocycles. The van der Waals surface area contributed by atoms with Gasteiger partial charge in [0.15, 0.2) is 0 Å². The molecule has 3 aromatic rings. The van der Waals surface area contributed by atoms with Crippen molar-refractivity contribution in [3.63, 3.8) is 0 Å². The summed E-state index contributed by atoms with van der Waals surface area (Å²) < 4.78 is 40.9. The summed E-state index contributed by atoms with van der Waals surface area (Å²) in [6.45, 7) is 1.96. The van der Waals surface area contributed by atoms with Crippen LogP contribution in [0.15, 0.2) is 88.1 Å². The summed E-state index contributed by atoms with van der Waals surface area (Å²) in [5.74, 6) is -1.41. The van der Waals surface area contributed by atoms with Crippen molar-refractivity contribution in [1.82, 2.24) is 0 Å². The van der Waals surface area contributed by atoms with E-state index in [1.54, 1.807) is 23.6 Å². The Morgan fingerprint density at radius 3 is 2.22 bits per heavy atom. The molecule has 0 heterocycles. The van der Waals surface area contributed by atoms with Crippen LogP contribution < -0.4 is 0 Å². The Hall–Kier alpha value is -2.79. The minimum Gasteiger partial charge on any atom is -0.248 e. The molecule has 0 aliphatic carbocycles. The van der Waals surface area contributed by atoms with Gasteiger partial charge in [0.05, 0.1) is 11.4 Å². The van der Waals surface area contributed by atoms with E-state index < -0.39 is 11.6 Å². The van der Waals surface area contributed by atoms with Gasteiger partial charge in [-0.1, -0.05) is 29.5 Å². The molecule has 0 aromatic heterocycles. The minimum absolute atomic E-state index is 0.0755. The monoisotopic (exact) mass is 383 g/mol. The third kappa shape index (κ3) is 5.34. The molecule has 0 spiro atoms.